The van der Waals surface area contributed by atoms with Gasteiger partial charge in [-0.2, -0.15) is 0 Å². The maximum absolute atomic E-state index is 5.72. The SMILES string of the molecule is CCC1COC(C)CN1CCNCc1cccnc1. The van der Waals surface area contributed by atoms with E-state index in [1.807, 2.05) is 18.5 Å². The quantitative estimate of drug-likeness (QED) is 0.792. The van der Waals surface area contributed by atoms with Crippen molar-refractivity contribution in [2.75, 3.05) is 26.2 Å². The fourth-order valence-corrected chi connectivity index (χ4v) is 2.52. The largest absolute Gasteiger partial charge is 0.376 e. The van der Waals surface area contributed by atoms with E-state index in [2.05, 4.69) is 35.1 Å². The zero-order valence-electron chi connectivity index (χ0n) is 12.0. The molecule has 0 spiro atoms. The van der Waals surface area contributed by atoms with E-state index in [1.54, 1.807) is 0 Å². The molecule has 1 aliphatic rings. The van der Waals surface area contributed by atoms with Crippen LogP contribution in [0, 0.1) is 0 Å². The molecular formula is C15H25N3O. The van der Waals surface area contributed by atoms with Gasteiger partial charge in [0, 0.05) is 44.6 Å². The summed E-state index contributed by atoms with van der Waals surface area (Å²) in [4.78, 5) is 6.67. The Kier molecular flexibility index (Phi) is 5.76. The number of aromatic nitrogens is 1. The Hall–Kier alpha value is -0.970. The summed E-state index contributed by atoms with van der Waals surface area (Å²) in [6, 6.07) is 4.66. The van der Waals surface area contributed by atoms with Crippen molar-refractivity contribution in [3.63, 3.8) is 0 Å². The van der Waals surface area contributed by atoms with Crippen LogP contribution in [0.25, 0.3) is 0 Å². The first-order valence-electron chi connectivity index (χ1n) is 7.25. The highest BCUT2D eigenvalue weighted by atomic mass is 16.5. The molecule has 1 saturated heterocycles. The van der Waals surface area contributed by atoms with Crippen molar-refractivity contribution in [1.29, 1.82) is 0 Å². The van der Waals surface area contributed by atoms with Crippen molar-refractivity contribution in [2.45, 2.75) is 39.0 Å². The summed E-state index contributed by atoms with van der Waals surface area (Å²) in [7, 11) is 0. The summed E-state index contributed by atoms with van der Waals surface area (Å²) in [5, 5.41) is 3.49. The highest BCUT2D eigenvalue weighted by Crippen LogP contribution is 2.13. The number of nitrogens with one attached hydrogen (secondary N) is 1. The van der Waals surface area contributed by atoms with Gasteiger partial charge in [-0.15, -0.1) is 0 Å². The molecule has 1 N–H and O–H groups in total. The van der Waals surface area contributed by atoms with Crippen LogP contribution >= 0.6 is 0 Å². The predicted molar refractivity (Wildman–Crippen MR) is 77.0 cm³/mol. The van der Waals surface area contributed by atoms with E-state index in [-0.39, 0.29) is 0 Å². The van der Waals surface area contributed by atoms with E-state index >= 15 is 0 Å². The van der Waals surface area contributed by atoms with Gasteiger partial charge in [0.15, 0.2) is 0 Å². The van der Waals surface area contributed by atoms with Crippen LogP contribution in [0.4, 0.5) is 0 Å². The van der Waals surface area contributed by atoms with Gasteiger partial charge >= 0.3 is 0 Å². The lowest BCUT2D eigenvalue weighted by Crippen LogP contribution is -2.50. The van der Waals surface area contributed by atoms with Crippen molar-refractivity contribution in [3.05, 3.63) is 30.1 Å². The Morgan fingerprint density at radius 2 is 2.42 bits per heavy atom. The molecule has 0 bridgehead atoms. The number of hydrogen-bond donors (Lipinski definition) is 1. The lowest BCUT2D eigenvalue weighted by atomic mass is 10.1. The minimum atomic E-state index is 0.362. The number of pyridine rings is 1. The van der Waals surface area contributed by atoms with Crippen LogP contribution in [-0.2, 0) is 11.3 Å². The van der Waals surface area contributed by atoms with Crippen LogP contribution in [0.5, 0.6) is 0 Å². The Labute approximate surface area is 116 Å². The molecule has 2 atom stereocenters. The Bertz CT molecular complexity index is 358. The van der Waals surface area contributed by atoms with Crippen LogP contribution < -0.4 is 5.32 Å². The van der Waals surface area contributed by atoms with Gasteiger partial charge in [-0.25, -0.2) is 0 Å². The highest BCUT2D eigenvalue weighted by Gasteiger charge is 2.24. The van der Waals surface area contributed by atoms with Gasteiger partial charge in [0.1, 0.15) is 0 Å². The maximum atomic E-state index is 5.72. The summed E-state index contributed by atoms with van der Waals surface area (Å²) in [5.41, 5.74) is 1.24. The fraction of sp³-hybridized carbons (Fsp3) is 0.667. The third-order valence-corrected chi connectivity index (χ3v) is 3.68. The molecule has 1 aliphatic heterocycles. The van der Waals surface area contributed by atoms with Crippen molar-refractivity contribution in [3.8, 4) is 0 Å². The first-order chi connectivity index (χ1) is 9.29. The van der Waals surface area contributed by atoms with Gasteiger partial charge in [0.2, 0.25) is 0 Å². The lowest BCUT2D eigenvalue weighted by Gasteiger charge is -2.38. The Morgan fingerprint density at radius 3 is 3.16 bits per heavy atom. The Balaban J connectivity index is 1.69. The second kappa shape index (κ2) is 7.58. The maximum Gasteiger partial charge on any atom is 0.0674 e. The van der Waals surface area contributed by atoms with E-state index in [4.69, 9.17) is 4.74 Å². The molecule has 1 fully saturated rings. The van der Waals surface area contributed by atoms with E-state index in [0.29, 0.717) is 12.1 Å². The molecule has 0 aromatic carbocycles. The van der Waals surface area contributed by atoms with E-state index in [9.17, 15) is 0 Å². The molecule has 2 heterocycles. The average Bonchev–Trinajstić information content (AvgIpc) is 2.45. The van der Waals surface area contributed by atoms with Crippen molar-refractivity contribution in [2.24, 2.45) is 0 Å². The first kappa shape index (κ1) is 14.4. The zero-order valence-corrected chi connectivity index (χ0v) is 12.0. The molecular weight excluding hydrogens is 238 g/mol. The normalized spacial score (nSPS) is 24.5. The first-order valence-corrected chi connectivity index (χ1v) is 7.25. The van der Waals surface area contributed by atoms with Gasteiger partial charge in [-0.05, 0) is 25.0 Å². The summed E-state index contributed by atoms with van der Waals surface area (Å²) in [5.74, 6) is 0. The molecule has 0 amide bonds. The van der Waals surface area contributed by atoms with Gasteiger partial charge in [-0.1, -0.05) is 13.0 Å². The average molecular weight is 263 g/mol. The smallest absolute Gasteiger partial charge is 0.0674 e. The number of hydrogen-bond acceptors (Lipinski definition) is 4. The Morgan fingerprint density at radius 1 is 1.53 bits per heavy atom. The monoisotopic (exact) mass is 263 g/mol. The van der Waals surface area contributed by atoms with E-state index in [0.717, 1.165) is 39.2 Å². The van der Waals surface area contributed by atoms with Gasteiger partial charge in [0.05, 0.1) is 12.7 Å². The van der Waals surface area contributed by atoms with Crippen LogP contribution in [0.2, 0.25) is 0 Å². The highest BCUT2D eigenvalue weighted by molar-refractivity contribution is 5.07. The fourth-order valence-electron chi connectivity index (χ4n) is 2.52. The topological polar surface area (TPSA) is 37.4 Å². The van der Waals surface area contributed by atoms with Crippen molar-refractivity contribution < 1.29 is 4.74 Å². The van der Waals surface area contributed by atoms with Crippen molar-refractivity contribution >= 4 is 0 Å². The predicted octanol–water partition coefficient (Wildman–Crippen LogP) is 1.67. The molecule has 106 valence electrons. The van der Waals surface area contributed by atoms with Gasteiger partial charge < -0.3 is 10.1 Å². The van der Waals surface area contributed by atoms with Crippen LogP contribution in [0.1, 0.15) is 25.8 Å². The number of rotatable bonds is 6. The molecule has 0 radical (unpaired) electrons. The number of nitrogens with zero attached hydrogens (tertiary/aromatic N) is 2. The van der Waals surface area contributed by atoms with Crippen LogP contribution in [-0.4, -0.2) is 48.3 Å². The molecule has 2 rings (SSSR count). The van der Waals surface area contributed by atoms with Crippen LogP contribution in [0.15, 0.2) is 24.5 Å². The van der Waals surface area contributed by atoms with E-state index in [1.165, 1.54) is 5.56 Å². The molecule has 0 saturated carbocycles. The minimum Gasteiger partial charge on any atom is -0.376 e. The summed E-state index contributed by atoms with van der Waals surface area (Å²) < 4.78 is 5.72. The molecule has 1 aromatic heterocycles. The van der Waals surface area contributed by atoms with Gasteiger partial charge in [-0.3, -0.25) is 9.88 Å². The van der Waals surface area contributed by atoms with E-state index < -0.39 is 0 Å². The standard InChI is InChI=1S/C15H25N3O/c1-3-15-12-19-13(2)11-18(15)8-7-17-10-14-5-4-6-16-9-14/h4-6,9,13,15,17H,3,7-8,10-12H2,1-2H3. The third-order valence-electron chi connectivity index (χ3n) is 3.68. The molecule has 2 unspecified atom stereocenters. The summed E-state index contributed by atoms with van der Waals surface area (Å²) >= 11 is 0. The van der Waals surface area contributed by atoms with Crippen LogP contribution in [0.3, 0.4) is 0 Å². The molecule has 19 heavy (non-hydrogen) atoms. The lowest BCUT2D eigenvalue weighted by molar-refractivity contribution is -0.0551. The second-order valence-electron chi connectivity index (χ2n) is 5.24. The molecule has 4 nitrogen and oxygen atoms in total. The van der Waals surface area contributed by atoms with Crippen molar-refractivity contribution in [1.82, 2.24) is 15.2 Å². The number of morpholine rings is 1. The molecule has 4 heteroatoms. The summed E-state index contributed by atoms with van der Waals surface area (Å²) in [6.07, 6.45) is 5.25. The molecule has 0 aliphatic carbocycles. The van der Waals surface area contributed by atoms with Gasteiger partial charge in [0.25, 0.3) is 0 Å². The summed E-state index contributed by atoms with van der Waals surface area (Å²) in [6.45, 7) is 9.31. The minimum absolute atomic E-state index is 0.362. The number of ether oxygens (including phenoxy) is 1. The second-order valence-corrected chi connectivity index (χ2v) is 5.24. The molecule has 1 aromatic rings. The third kappa shape index (κ3) is 4.56. The zero-order chi connectivity index (χ0) is 13.5.